The molecule has 0 fully saturated rings. The standard InChI is InChI=1S/C16H15ClN2O3S2/c1-11(10-23)19-24(20,21)13-7-5-12(6-8-13)22-16-4-2-3-15(17)14(16)9-18/h2-8,11,19,23H,10H2,1H3. The lowest BCUT2D eigenvalue weighted by atomic mass is 10.2. The van der Waals surface area contributed by atoms with E-state index in [2.05, 4.69) is 17.4 Å². The van der Waals surface area contributed by atoms with Crippen LogP contribution in [-0.2, 0) is 10.0 Å². The lowest BCUT2D eigenvalue weighted by molar-refractivity contribution is 0.480. The molecule has 126 valence electrons. The summed E-state index contributed by atoms with van der Waals surface area (Å²) in [5.41, 5.74) is 0.222. The number of nitriles is 1. The molecule has 0 radical (unpaired) electrons. The zero-order valence-electron chi connectivity index (χ0n) is 12.7. The maximum Gasteiger partial charge on any atom is 0.240 e. The number of hydrogen-bond donors (Lipinski definition) is 2. The van der Waals surface area contributed by atoms with Gasteiger partial charge in [-0.05, 0) is 43.3 Å². The number of hydrogen-bond acceptors (Lipinski definition) is 5. The molecule has 8 heteroatoms. The van der Waals surface area contributed by atoms with Crippen LogP contribution in [0.4, 0.5) is 0 Å². The molecular formula is C16H15ClN2O3S2. The highest BCUT2D eigenvalue weighted by molar-refractivity contribution is 7.89. The SMILES string of the molecule is CC(CS)NS(=O)(=O)c1ccc(Oc2cccc(Cl)c2C#N)cc1. The Bertz CT molecular complexity index is 862. The van der Waals surface area contributed by atoms with Gasteiger partial charge in [-0.1, -0.05) is 17.7 Å². The molecule has 0 amide bonds. The van der Waals surface area contributed by atoms with E-state index in [-0.39, 0.29) is 16.5 Å². The summed E-state index contributed by atoms with van der Waals surface area (Å²) in [5, 5.41) is 9.42. The Labute approximate surface area is 151 Å². The van der Waals surface area contributed by atoms with Gasteiger partial charge in [-0.15, -0.1) is 0 Å². The van der Waals surface area contributed by atoms with Gasteiger partial charge in [0.15, 0.2) is 0 Å². The molecule has 0 bridgehead atoms. The normalized spacial score (nSPS) is 12.4. The summed E-state index contributed by atoms with van der Waals surface area (Å²) in [4.78, 5) is 0.120. The van der Waals surface area contributed by atoms with Crippen molar-refractivity contribution >= 4 is 34.3 Å². The first-order valence-electron chi connectivity index (χ1n) is 6.97. The third-order valence-corrected chi connectivity index (χ3v) is 5.55. The summed E-state index contributed by atoms with van der Waals surface area (Å²) in [7, 11) is -3.61. The minimum Gasteiger partial charge on any atom is -0.456 e. The van der Waals surface area contributed by atoms with Crippen molar-refractivity contribution in [3.63, 3.8) is 0 Å². The first-order chi connectivity index (χ1) is 11.4. The van der Waals surface area contributed by atoms with Crippen molar-refractivity contribution in [3.8, 4) is 17.6 Å². The molecule has 2 rings (SSSR count). The second-order valence-corrected chi connectivity index (χ2v) is 7.49. The van der Waals surface area contributed by atoms with Crippen molar-refractivity contribution < 1.29 is 13.2 Å². The Kier molecular flexibility index (Phi) is 6.13. The Balaban J connectivity index is 2.22. The van der Waals surface area contributed by atoms with Crippen LogP contribution in [0.25, 0.3) is 0 Å². The van der Waals surface area contributed by atoms with Crippen LogP contribution in [-0.4, -0.2) is 20.2 Å². The lowest BCUT2D eigenvalue weighted by Gasteiger charge is -2.12. The number of nitrogens with one attached hydrogen (secondary N) is 1. The van der Waals surface area contributed by atoms with Crippen LogP contribution in [0.15, 0.2) is 47.4 Å². The summed E-state index contributed by atoms with van der Waals surface area (Å²) in [6.45, 7) is 1.73. The minimum absolute atomic E-state index is 0.120. The fourth-order valence-electron chi connectivity index (χ4n) is 1.88. The van der Waals surface area contributed by atoms with Crippen molar-refractivity contribution in [2.45, 2.75) is 17.9 Å². The van der Waals surface area contributed by atoms with Crippen LogP contribution in [0.1, 0.15) is 12.5 Å². The Morgan fingerprint density at radius 2 is 1.96 bits per heavy atom. The van der Waals surface area contributed by atoms with Gasteiger partial charge in [-0.25, -0.2) is 13.1 Å². The molecule has 0 spiro atoms. The van der Waals surface area contributed by atoms with Crippen LogP contribution in [0.5, 0.6) is 11.5 Å². The van der Waals surface area contributed by atoms with E-state index in [9.17, 15) is 8.42 Å². The molecule has 0 saturated heterocycles. The summed E-state index contributed by atoms with van der Waals surface area (Å²) in [6, 6.07) is 12.5. The molecular weight excluding hydrogens is 368 g/mol. The quantitative estimate of drug-likeness (QED) is 0.748. The van der Waals surface area contributed by atoms with Gasteiger partial charge in [-0.3, -0.25) is 0 Å². The van der Waals surface area contributed by atoms with Crippen molar-refractivity contribution in [2.24, 2.45) is 0 Å². The number of benzene rings is 2. The molecule has 24 heavy (non-hydrogen) atoms. The third kappa shape index (κ3) is 4.42. The van der Waals surface area contributed by atoms with Gasteiger partial charge >= 0.3 is 0 Å². The van der Waals surface area contributed by atoms with Gasteiger partial charge in [0.25, 0.3) is 0 Å². The summed E-state index contributed by atoms with van der Waals surface area (Å²) < 4.78 is 32.5. The summed E-state index contributed by atoms with van der Waals surface area (Å²) in [5.74, 6) is 1.10. The van der Waals surface area contributed by atoms with E-state index in [1.165, 1.54) is 24.3 Å². The molecule has 2 aromatic carbocycles. The fraction of sp³-hybridized carbons (Fsp3) is 0.188. The first-order valence-corrected chi connectivity index (χ1v) is 9.46. The van der Waals surface area contributed by atoms with Gasteiger partial charge in [-0.2, -0.15) is 17.9 Å². The highest BCUT2D eigenvalue weighted by Gasteiger charge is 2.17. The minimum atomic E-state index is -3.61. The number of thiol groups is 1. The Morgan fingerprint density at radius 1 is 1.29 bits per heavy atom. The van der Waals surface area contributed by atoms with Crippen LogP contribution in [0.3, 0.4) is 0 Å². The highest BCUT2D eigenvalue weighted by atomic mass is 35.5. The van der Waals surface area contributed by atoms with Crippen LogP contribution >= 0.6 is 24.2 Å². The lowest BCUT2D eigenvalue weighted by Crippen LogP contribution is -2.33. The Hall–Kier alpha value is -1.72. The van der Waals surface area contributed by atoms with Crippen molar-refractivity contribution in [2.75, 3.05) is 5.75 Å². The van der Waals surface area contributed by atoms with Crippen LogP contribution in [0, 0.1) is 11.3 Å². The fourth-order valence-corrected chi connectivity index (χ4v) is 3.55. The van der Waals surface area contributed by atoms with Crippen molar-refractivity contribution in [1.82, 2.24) is 4.72 Å². The third-order valence-electron chi connectivity index (χ3n) is 3.08. The van der Waals surface area contributed by atoms with E-state index >= 15 is 0 Å². The maximum absolute atomic E-state index is 12.2. The molecule has 1 unspecified atom stereocenters. The highest BCUT2D eigenvalue weighted by Crippen LogP contribution is 2.30. The van der Waals surface area contributed by atoms with Crippen LogP contribution in [0.2, 0.25) is 5.02 Å². The summed E-state index contributed by atoms with van der Waals surface area (Å²) in [6.07, 6.45) is 0. The second-order valence-electron chi connectivity index (χ2n) is 5.00. The molecule has 0 aliphatic carbocycles. The molecule has 0 aliphatic heterocycles. The predicted molar refractivity (Wildman–Crippen MR) is 96.3 cm³/mol. The van der Waals surface area contributed by atoms with E-state index in [4.69, 9.17) is 21.6 Å². The smallest absolute Gasteiger partial charge is 0.240 e. The van der Waals surface area contributed by atoms with Gasteiger partial charge in [0.1, 0.15) is 23.1 Å². The van der Waals surface area contributed by atoms with E-state index < -0.39 is 10.0 Å². The summed E-state index contributed by atoms with van der Waals surface area (Å²) >= 11 is 10.0. The van der Waals surface area contributed by atoms with Gasteiger partial charge in [0.2, 0.25) is 10.0 Å². The molecule has 0 saturated carbocycles. The van der Waals surface area contributed by atoms with E-state index in [1.54, 1.807) is 25.1 Å². The monoisotopic (exact) mass is 382 g/mol. The molecule has 5 nitrogen and oxygen atoms in total. The number of halogens is 1. The van der Waals surface area contributed by atoms with Gasteiger partial charge < -0.3 is 4.74 Å². The Morgan fingerprint density at radius 3 is 2.54 bits per heavy atom. The van der Waals surface area contributed by atoms with E-state index in [0.29, 0.717) is 22.3 Å². The van der Waals surface area contributed by atoms with E-state index in [0.717, 1.165) is 0 Å². The average Bonchev–Trinajstić information content (AvgIpc) is 2.55. The predicted octanol–water partition coefficient (Wildman–Crippen LogP) is 3.60. The molecule has 1 atom stereocenters. The molecule has 2 aromatic rings. The number of rotatable bonds is 6. The van der Waals surface area contributed by atoms with Crippen LogP contribution < -0.4 is 9.46 Å². The zero-order valence-corrected chi connectivity index (χ0v) is 15.2. The number of ether oxygens (including phenoxy) is 1. The van der Waals surface area contributed by atoms with Crippen molar-refractivity contribution in [3.05, 3.63) is 53.1 Å². The van der Waals surface area contributed by atoms with Gasteiger partial charge in [0.05, 0.1) is 9.92 Å². The first kappa shape index (κ1) is 18.6. The number of sulfonamides is 1. The van der Waals surface area contributed by atoms with Gasteiger partial charge in [0, 0.05) is 11.8 Å². The molecule has 0 aromatic heterocycles. The molecule has 1 N–H and O–H groups in total. The molecule has 0 aliphatic rings. The zero-order chi connectivity index (χ0) is 17.7. The van der Waals surface area contributed by atoms with Crippen molar-refractivity contribution in [1.29, 1.82) is 5.26 Å². The second kappa shape index (κ2) is 7.90. The topological polar surface area (TPSA) is 79.2 Å². The molecule has 0 heterocycles. The maximum atomic E-state index is 12.2. The van der Waals surface area contributed by atoms with E-state index in [1.807, 2.05) is 6.07 Å². The number of nitrogens with zero attached hydrogens (tertiary/aromatic N) is 1. The largest absolute Gasteiger partial charge is 0.456 e. The average molecular weight is 383 g/mol.